The molecule has 1 fully saturated rings. The van der Waals surface area contributed by atoms with E-state index in [1.165, 1.54) is 0 Å². The molecule has 0 aromatic carbocycles. The maximum atomic E-state index is 9.06. The highest BCUT2D eigenvalue weighted by Gasteiger charge is 2.19. The van der Waals surface area contributed by atoms with Crippen LogP contribution >= 0.6 is 0 Å². The van der Waals surface area contributed by atoms with E-state index in [-0.39, 0.29) is 0 Å². The first-order chi connectivity index (χ1) is 7.83. The molecule has 5 heteroatoms. The van der Waals surface area contributed by atoms with Crippen molar-refractivity contribution in [2.45, 2.75) is 19.4 Å². The van der Waals surface area contributed by atoms with Crippen LogP contribution < -0.4 is 10.6 Å². The standard InChI is InChI=1S/C11H18N4O/c12-5-10-6-14-11(7-13-10)15-3-1-9(8-16)2-4-15/h6-7,9,16H,1-5,8,12H2. The van der Waals surface area contributed by atoms with Gasteiger partial charge < -0.3 is 15.7 Å². The number of hydrogen-bond donors (Lipinski definition) is 2. The highest BCUT2D eigenvalue weighted by atomic mass is 16.3. The number of nitrogens with two attached hydrogens (primary N) is 1. The van der Waals surface area contributed by atoms with E-state index in [0.717, 1.165) is 37.4 Å². The monoisotopic (exact) mass is 222 g/mol. The fourth-order valence-corrected chi connectivity index (χ4v) is 1.96. The van der Waals surface area contributed by atoms with Gasteiger partial charge in [0.1, 0.15) is 5.82 Å². The maximum Gasteiger partial charge on any atom is 0.147 e. The van der Waals surface area contributed by atoms with Crippen molar-refractivity contribution in [1.29, 1.82) is 0 Å². The number of aromatic nitrogens is 2. The van der Waals surface area contributed by atoms with E-state index in [1.807, 2.05) is 0 Å². The van der Waals surface area contributed by atoms with Gasteiger partial charge in [-0.1, -0.05) is 0 Å². The average Bonchev–Trinajstić information content (AvgIpc) is 2.39. The van der Waals surface area contributed by atoms with Crippen molar-refractivity contribution in [1.82, 2.24) is 9.97 Å². The van der Waals surface area contributed by atoms with Crippen LogP contribution in [-0.4, -0.2) is 34.8 Å². The molecular formula is C11H18N4O. The molecule has 1 aliphatic heterocycles. The van der Waals surface area contributed by atoms with Crippen molar-refractivity contribution < 1.29 is 5.11 Å². The Morgan fingerprint density at radius 3 is 2.56 bits per heavy atom. The summed E-state index contributed by atoms with van der Waals surface area (Å²) in [6, 6.07) is 0. The Morgan fingerprint density at radius 1 is 1.31 bits per heavy atom. The molecule has 1 aliphatic rings. The van der Waals surface area contributed by atoms with Crippen molar-refractivity contribution in [3.8, 4) is 0 Å². The molecular weight excluding hydrogens is 204 g/mol. The smallest absolute Gasteiger partial charge is 0.147 e. The first-order valence-electron chi connectivity index (χ1n) is 5.70. The van der Waals surface area contributed by atoms with Gasteiger partial charge in [0.25, 0.3) is 0 Å². The van der Waals surface area contributed by atoms with Crippen LogP contribution in [0.15, 0.2) is 12.4 Å². The molecule has 1 aromatic rings. The maximum absolute atomic E-state index is 9.06. The molecule has 5 nitrogen and oxygen atoms in total. The van der Waals surface area contributed by atoms with Gasteiger partial charge in [0.05, 0.1) is 18.1 Å². The van der Waals surface area contributed by atoms with E-state index in [0.29, 0.717) is 19.1 Å². The zero-order valence-corrected chi connectivity index (χ0v) is 9.34. The van der Waals surface area contributed by atoms with E-state index in [9.17, 15) is 0 Å². The molecule has 0 amide bonds. The van der Waals surface area contributed by atoms with Crippen LogP contribution in [0, 0.1) is 5.92 Å². The third-order valence-corrected chi connectivity index (χ3v) is 3.10. The molecule has 0 unspecified atom stereocenters. The van der Waals surface area contributed by atoms with Gasteiger partial charge in [0.2, 0.25) is 0 Å². The number of hydrogen-bond acceptors (Lipinski definition) is 5. The zero-order chi connectivity index (χ0) is 11.4. The minimum atomic E-state index is 0.297. The second-order valence-electron chi connectivity index (χ2n) is 4.18. The Balaban J connectivity index is 1.97. The van der Waals surface area contributed by atoms with Crippen LogP contribution in [-0.2, 0) is 6.54 Å². The summed E-state index contributed by atoms with van der Waals surface area (Å²) in [5.74, 6) is 1.36. The Kier molecular flexibility index (Phi) is 3.69. The summed E-state index contributed by atoms with van der Waals surface area (Å²) >= 11 is 0. The lowest BCUT2D eigenvalue weighted by atomic mass is 9.98. The van der Waals surface area contributed by atoms with Crippen LogP contribution in [0.3, 0.4) is 0 Å². The first kappa shape index (κ1) is 11.3. The van der Waals surface area contributed by atoms with Crippen LogP contribution in [0.1, 0.15) is 18.5 Å². The van der Waals surface area contributed by atoms with E-state index < -0.39 is 0 Å². The van der Waals surface area contributed by atoms with Crippen molar-refractivity contribution in [3.63, 3.8) is 0 Å². The van der Waals surface area contributed by atoms with E-state index in [2.05, 4.69) is 14.9 Å². The number of rotatable bonds is 3. The van der Waals surface area contributed by atoms with E-state index in [4.69, 9.17) is 10.8 Å². The van der Waals surface area contributed by atoms with E-state index in [1.54, 1.807) is 12.4 Å². The summed E-state index contributed by atoms with van der Waals surface area (Å²) in [4.78, 5) is 10.8. The molecule has 0 radical (unpaired) electrons. The largest absolute Gasteiger partial charge is 0.396 e. The summed E-state index contributed by atoms with van der Waals surface area (Å²) in [6.07, 6.45) is 5.56. The normalized spacial score (nSPS) is 17.8. The van der Waals surface area contributed by atoms with E-state index >= 15 is 0 Å². The van der Waals surface area contributed by atoms with Gasteiger partial charge in [-0.25, -0.2) is 4.98 Å². The predicted octanol–water partition coefficient (Wildman–Crippen LogP) is 0.144. The molecule has 3 N–H and O–H groups in total. The molecule has 1 aromatic heterocycles. The lowest BCUT2D eigenvalue weighted by Gasteiger charge is -2.31. The van der Waals surface area contributed by atoms with Gasteiger partial charge in [-0.3, -0.25) is 4.98 Å². The summed E-state index contributed by atoms with van der Waals surface area (Å²) < 4.78 is 0. The summed E-state index contributed by atoms with van der Waals surface area (Å²) in [7, 11) is 0. The third kappa shape index (κ3) is 2.48. The van der Waals surface area contributed by atoms with Gasteiger partial charge >= 0.3 is 0 Å². The van der Waals surface area contributed by atoms with Crippen molar-refractivity contribution in [2.75, 3.05) is 24.6 Å². The van der Waals surface area contributed by atoms with Gasteiger partial charge in [-0.05, 0) is 18.8 Å². The lowest BCUT2D eigenvalue weighted by molar-refractivity contribution is 0.203. The molecule has 88 valence electrons. The molecule has 2 rings (SSSR count). The number of piperidine rings is 1. The zero-order valence-electron chi connectivity index (χ0n) is 9.34. The van der Waals surface area contributed by atoms with Crippen LogP contribution in [0.5, 0.6) is 0 Å². The van der Waals surface area contributed by atoms with Crippen LogP contribution in [0.25, 0.3) is 0 Å². The van der Waals surface area contributed by atoms with Gasteiger partial charge in [0.15, 0.2) is 0 Å². The molecule has 16 heavy (non-hydrogen) atoms. The molecule has 1 saturated heterocycles. The fourth-order valence-electron chi connectivity index (χ4n) is 1.96. The molecule has 0 bridgehead atoms. The second kappa shape index (κ2) is 5.23. The second-order valence-corrected chi connectivity index (χ2v) is 4.18. The van der Waals surface area contributed by atoms with Crippen molar-refractivity contribution >= 4 is 5.82 Å². The highest BCUT2D eigenvalue weighted by molar-refractivity contribution is 5.36. The third-order valence-electron chi connectivity index (χ3n) is 3.10. The Hall–Kier alpha value is -1.20. The SMILES string of the molecule is NCc1cnc(N2CCC(CO)CC2)cn1. The number of aliphatic hydroxyl groups is 1. The van der Waals surface area contributed by atoms with Crippen LogP contribution in [0.4, 0.5) is 5.82 Å². The summed E-state index contributed by atoms with van der Waals surface area (Å²) in [5, 5.41) is 9.06. The van der Waals surface area contributed by atoms with Gasteiger partial charge in [-0.15, -0.1) is 0 Å². The first-order valence-corrected chi connectivity index (χ1v) is 5.70. The van der Waals surface area contributed by atoms with Crippen molar-refractivity contribution in [2.24, 2.45) is 11.7 Å². The Bertz CT molecular complexity index is 319. The highest BCUT2D eigenvalue weighted by Crippen LogP contribution is 2.20. The molecule has 0 atom stereocenters. The molecule has 0 aliphatic carbocycles. The predicted molar refractivity (Wildman–Crippen MR) is 61.9 cm³/mol. The van der Waals surface area contributed by atoms with Gasteiger partial charge in [0, 0.05) is 26.2 Å². The Morgan fingerprint density at radius 2 is 2.06 bits per heavy atom. The fraction of sp³-hybridized carbons (Fsp3) is 0.636. The van der Waals surface area contributed by atoms with Crippen molar-refractivity contribution in [3.05, 3.63) is 18.1 Å². The minimum Gasteiger partial charge on any atom is -0.396 e. The average molecular weight is 222 g/mol. The van der Waals surface area contributed by atoms with Gasteiger partial charge in [-0.2, -0.15) is 0 Å². The quantitative estimate of drug-likeness (QED) is 0.761. The van der Waals surface area contributed by atoms with Crippen LogP contribution in [0.2, 0.25) is 0 Å². The minimum absolute atomic E-state index is 0.297. The summed E-state index contributed by atoms with van der Waals surface area (Å²) in [5.41, 5.74) is 6.28. The number of aliphatic hydroxyl groups excluding tert-OH is 1. The number of nitrogens with zero attached hydrogens (tertiary/aromatic N) is 3. The number of anilines is 1. The lowest BCUT2D eigenvalue weighted by Crippen LogP contribution is -2.35. The topological polar surface area (TPSA) is 75.3 Å². The molecule has 2 heterocycles. The Labute approximate surface area is 95.3 Å². The molecule has 0 spiro atoms. The summed E-state index contributed by atoms with van der Waals surface area (Å²) in [6.45, 7) is 2.62. The molecule has 0 saturated carbocycles.